The zero-order chi connectivity index (χ0) is 18.4. The first kappa shape index (κ1) is 18.2. The van der Waals surface area contributed by atoms with Gasteiger partial charge < -0.3 is 15.4 Å². The Kier molecular flexibility index (Phi) is 6.08. The second-order valence-electron chi connectivity index (χ2n) is 5.58. The van der Waals surface area contributed by atoms with Crippen molar-refractivity contribution in [3.05, 3.63) is 41.8 Å². The highest BCUT2D eigenvalue weighted by molar-refractivity contribution is 7.17. The van der Waals surface area contributed by atoms with Crippen LogP contribution in [-0.2, 0) is 9.53 Å². The molecule has 0 aliphatic carbocycles. The number of carbonyl (C=O) groups excluding carboxylic acids is 1. The molecule has 0 aliphatic rings. The maximum absolute atomic E-state index is 13.2. The number of rotatable bonds is 8. The van der Waals surface area contributed by atoms with Crippen molar-refractivity contribution in [2.45, 2.75) is 6.42 Å². The fourth-order valence-electron chi connectivity index (χ4n) is 2.53. The normalized spacial score (nSPS) is 10.8. The topological polar surface area (TPSA) is 76.1 Å². The molecule has 2 N–H and O–H groups in total. The van der Waals surface area contributed by atoms with E-state index < -0.39 is 0 Å². The van der Waals surface area contributed by atoms with E-state index >= 15 is 0 Å². The van der Waals surface area contributed by atoms with Gasteiger partial charge in [0.1, 0.15) is 22.8 Å². The molecular formula is C18H19FN4O2S. The Balaban J connectivity index is 1.73. The zero-order valence-electron chi connectivity index (χ0n) is 14.3. The molecule has 0 atom stereocenters. The van der Waals surface area contributed by atoms with Gasteiger partial charge in [0.15, 0.2) is 0 Å². The molecular weight excluding hydrogens is 355 g/mol. The average molecular weight is 374 g/mol. The Hall–Kier alpha value is -2.58. The second-order valence-corrected chi connectivity index (χ2v) is 6.44. The summed E-state index contributed by atoms with van der Waals surface area (Å²) >= 11 is 1.50. The molecule has 1 amide bonds. The number of nitrogens with zero attached hydrogens (tertiary/aromatic N) is 2. The quantitative estimate of drug-likeness (QED) is 0.593. The fraction of sp³-hybridized carbons (Fsp3) is 0.278. The van der Waals surface area contributed by atoms with Crippen LogP contribution in [0.4, 0.5) is 10.2 Å². The lowest BCUT2D eigenvalue weighted by Gasteiger charge is -2.09. The molecule has 2 heterocycles. The van der Waals surface area contributed by atoms with Crippen LogP contribution in [0.15, 0.2) is 36.0 Å². The molecule has 26 heavy (non-hydrogen) atoms. The van der Waals surface area contributed by atoms with Crippen LogP contribution in [0, 0.1) is 5.82 Å². The maximum atomic E-state index is 13.2. The lowest BCUT2D eigenvalue weighted by molar-refractivity contribution is -0.121. The van der Waals surface area contributed by atoms with Gasteiger partial charge in [-0.25, -0.2) is 14.4 Å². The number of methoxy groups -OCH3 is 1. The molecule has 0 spiro atoms. The minimum absolute atomic E-state index is 0.0519. The summed E-state index contributed by atoms with van der Waals surface area (Å²) in [6.07, 6.45) is 1.82. The van der Waals surface area contributed by atoms with Crippen molar-refractivity contribution in [2.24, 2.45) is 0 Å². The Morgan fingerprint density at radius 2 is 2.04 bits per heavy atom. The van der Waals surface area contributed by atoms with Crippen LogP contribution in [0.1, 0.15) is 6.42 Å². The molecule has 6 nitrogen and oxygen atoms in total. The van der Waals surface area contributed by atoms with E-state index in [1.165, 1.54) is 29.8 Å². The summed E-state index contributed by atoms with van der Waals surface area (Å²) in [5, 5.41) is 8.84. The van der Waals surface area contributed by atoms with E-state index in [1.807, 2.05) is 5.38 Å². The largest absolute Gasteiger partial charge is 0.383 e. The van der Waals surface area contributed by atoms with Gasteiger partial charge in [0.2, 0.25) is 5.91 Å². The second kappa shape index (κ2) is 8.68. The van der Waals surface area contributed by atoms with Crippen LogP contribution in [-0.4, -0.2) is 42.7 Å². The van der Waals surface area contributed by atoms with Gasteiger partial charge in [-0.1, -0.05) is 12.1 Å². The zero-order valence-corrected chi connectivity index (χ0v) is 15.1. The molecule has 0 unspecified atom stereocenters. The number of anilines is 1. The van der Waals surface area contributed by atoms with Gasteiger partial charge >= 0.3 is 0 Å². The minimum atomic E-state index is -0.276. The van der Waals surface area contributed by atoms with Crippen LogP contribution in [0.3, 0.4) is 0 Å². The van der Waals surface area contributed by atoms with Crippen LogP contribution in [0.25, 0.3) is 21.3 Å². The number of hydrogen-bond donors (Lipinski definition) is 2. The van der Waals surface area contributed by atoms with Crippen molar-refractivity contribution >= 4 is 33.3 Å². The molecule has 0 fully saturated rings. The van der Waals surface area contributed by atoms with Crippen molar-refractivity contribution < 1.29 is 13.9 Å². The van der Waals surface area contributed by atoms with Gasteiger partial charge in [0.25, 0.3) is 0 Å². The van der Waals surface area contributed by atoms with Crippen molar-refractivity contribution in [2.75, 3.05) is 32.1 Å². The van der Waals surface area contributed by atoms with Gasteiger partial charge in [-0.3, -0.25) is 4.79 Å². The Labute approximate surface area is 154 Å². The summed E-state index contributed by atoms with van der Waals surface area (Å²) in [5.74, 6) is 0.339. The van der Waals surface area contributed by atoms with Gasteiger partial charge in [0.05, 0.1) is 12.0 Å². The number of benzene rings is 1. The SMILES string of the molecule is COCCNC(=O)CCNc1ncnc2scc(-c3ccc(F)cc3)c12. The van der Waals surface area contributed by atoms with E-state index in [9.17, 15) is 9.18 Å². The van der Waals surface area contributed by atoms with Crippen molar-refractivity contribution in [3.63, 3.8) is 0 Å². The number of hydrogen-bond acceptors (Lipinski definition) is 6. The van der Waals surface area contributed by atoms with Gasteiger partial charge in [-0.2, -0.15) is 0 Å². The maximum Gasteiger partial charge on any atom is 0.221 e. The summed E-state index contributed by atoms with van der Waals surface area (Å²) in [6.45, 7) is 1.43. The molecule has 136 valence electrons. The Bertz CT molecular complexity index is 883. The molecule has 0 saturated carbocycles. The number of ether oxygens (including phenoxy) is 1. The molecule has 2 aromatic heterocycles. The first-order chi connectivity index (χ1) is 12.7. The lowest BCUT2D eigenvalue weighted by Crippen LogP contribution is -2.28. The predicted molar refractivity (Wildman–Crippen MR) is 101 cm³/mol. The molecule has 0 bridgehead atoms. The number of aromatic nitrogens is 2. The first-order valence-electron chi connectivity index (χ1n) is 8.16. The smallest absolute Gasteiger partial charge is 0.221 e. The number of nitrogens with one attached hydrogen (secondary N) is 2. The number of thiophene rings is 1. The average Bonchev–Trinajstić information content (AvgIpc) is 3.08. The van der Waals surface area contributed by atoms with Gasteiger partial charge in [-0.15, -0.1) is 11.3 Å². The monoisotopic (exact) mass is 374 g/mol. The number of halogens is 1. The summed E-state index contributed by atoms with van der Waals surface area (Å²) in [6, 6.07) is 6.33. The van der Waals surface area contributed by atoms with E-state index in [0.717, 1.165) is 21.3 Å². The molecule has 3 rings (SSSR count). The van der Waals surface area contributed by atoms with E-state index in [1.54, 1.807) is 19.2 Å². The predicted octanol–water partition coefficient (Wildman–Crippen LogP) is 3.06. The van der Waals surface area contributed by atoms with E-state index in [2.05, 4.69) is 20.6 Å². The van der Waals surface area contributed by atoms with Crippen LogP contribution in [0.2, 0.25) is 0 Å². The Morgan fingerprint density at radius 3 is 2.81 bits per heavy atom. The number of amides is 1. The molecule has 3 aromatic rings. The molecule has 8 heteroatoms. The van der Waals surface area contributed by atoms with Crippen LogP contribution < -0.4 is 10.6 Å². The highest BCUT2D eigenvalue weighted by Crippen LogP contribution is 2.36. The minimum Gasteiger partial charge on any atom is -0.383 e. The molecule has 1 aromatic carbocycles. The van der Waals surface area contributed by atoms with Crippen LogP contribution in [0.5, 0.6) is 0 Å². The summed E-state index contributed by atoms with van der Waals surface area (Å²) in [5.41, 5.74) is 1.84. The Morgan fingerprint density at radius 1 is 1.23 bits per heavy atom. The highest BCUT2D eigenvalue weighted by Gasteiger charge is 2.13. The molecule has 0 saturated heterocycles. The molecule has 0 aliphatic heterocycles. The van der Waals surface area contributed by atoms with E-state index in [0.29, 0.717) is 31.9 Å². The molecule has 0 radical (unpaired) electrons. The first-order valence-corrected chi connectivity index (χ1v) is 9.04. The lowest BCUT2D eigenvalue weighted by atomic mass is 10.1. The van der Waals surface area contributed by atoms with E-state index in [4.69, 9.17) is 4.74 Å². The van der Waals surface area contributed by atoms with Crippen LogP contribution >= 0.6 is 11.3 Å². The van der Waals surface area contributed by atoms with Crippen molar-refractivity contribution in [3.8, 4) is 11.1 Å². The third kappa shape index (κ3) is 4.33. The third-order valence-corrected chi connectivity index (χ3v) is 4.68. The fourth-order valence-corrected chi connectivity index (χ4v) is 3.44. The third-order valence-electron chi connectivity index (χ3n) is 3.80. The number of carbonyl (C=O) groups is 1. The summed E-state index contributed by atoms with van der Waals surface area (Å²) in [7, 11) is 1.59. The van der Waals surface area contributed by atoms with E-state index in [-0.39, 0.29) is 11.7 Å². The number of fused-ring (bicyclic) bond motifs is 1. The van der Waals surface area contributed by atoms with Crippen molar-refractivity contribution in [1.82, 2.24) is 15.3 Å². The van der Waals surface area contributed by atoms with Crippen molar-refractivity contribution in [1.29, 1.82) is 0 Å². The highest BCUT2D eigenvalue weighted by atomic mass is 32.1. The standard InChI is InChI=1S/C18H19FN4O2S/c1-25-9-8-20-15(24)6-7-21-17-16-14(10-26-18(16)23-11-22-17)12-2-4-13(19)5-3-12/h2-5,10-11H,6-9H2,1H3,(H,20,24)(H,21,22,23). The van der Waals surface area contributed by atoms with Gasteiger partial charge in [0, 0.05) is 37.6 Å². The van der Waals surface area contributed by atoms with Gasteiger partial charge in [-0.05, 0) is 17.7 Å². The summed E-state index contributed by atoms with van der Waals surface area (Å²) < 4.78 is 18.1. The summed E-state index contributed by atoms with van der Waals surface area (Å²) in [4.78, 5) is 21.2.